The van der Waals surface area contributed by atoms with E-state index in [2.05, 4.69) is 36.9 Å². The molecule has 46 heavy (non-hydrogen) atoms. The molecule has 5 aromatic rings. The highest BCUT2D eigenvalue weighted by Gasteiger charge is 2.18. The maximum absolute atomic E-state index is 13.4. The number of thiazole rings is 1. The van der Waals surface area contributed by atoms with Crippen molar-refractivity contribution in [1.82, 2.24) is 10.3 Å². The monoisotopic (exact) mass is 712 g/mol. The third kappa shape index (κ3) is 8.94. The fourth-order valence-corrected chi connectivity index (χ4v) is 6.14. The molecule has 3 amide bonds. The minimum atomic E-state index is -0.490. The second kappa shape index (κ2) is 15.5. The van der Waals surface area contributed by atoms with E-state index >= 15 is 0 Å². The lowest BCUT2D eigenvalue weighted by atomic mass is 10.1. The van der Waals surface area contributed by atoms with Gasteiger partial charge in [0, 0.05) is 31.6 Å². The number of carbonyl (C=O) groups excluding carboxylic acids is 3. The molecule has 11 heteroatoms. The van der Waals surface area contributed by atoms with Crippen LogP contribution in [0.15, 0.2) is 124 Å². The number of nitrogens with zero attached hydrogens (tertiary/aromatic N) is 1. The van der Waals surface area contributed by atoms with Crippen LogP contribution in [0, 0.1) is 0 Å². The summed E-state index contributed by atoms with van der Waals surface area (Å²) in [5.41, 5.74) is 3.40. The van der Waals surface area contributed by atoms with Gasteiger partial charge in [-0.2, -0.15) is 0 Å². The Morgan fingerprint density at radius 3 is 2.43 bits per heavy atom. The Hall–Kier alpha value is -4.71. The normalized spacial score (nSPS) is 11.8. The Balaban J connectivity index is 1.24. The van der Waals surface area contributed by atoms with Crippen molar-refractivity contribution in [2.45, 2.75) is 17.1 Å². The molecule has 8 nitrogen and oxygen atoms in total. The largest absolute Gasteiger partial charge is 0.497 e. The fraction of sp³-hybridized carbons (Fsp3) is 0.0857. The van der Waals surface area contributed by atoms with Gasteiger partial charge in [-0.3, -0.25) is 14.4 Å². The smallest absolute Gasteiger partial charge is 0.272 e. The molecule has 4 aromatic carbocycles. The molecule has 3 N–H and O–H groups in total. The molecular formula is C35H29BrN4O4S2. The van der Waals surface area contributed by atoms with E-state index in [1.807, 2.05) is 66.0 Å². The van der Waals surface area contributed by atoms with Gasteiger partial charge in [-0.1, -0.05) is 64.5 Å². The molecule has 1 aromatic heterocycles. The zero-order valence-corrected chi connectivity index (χ0v) is 28.0. The molecule has 5 rings (SSSR count). The second-order valence-corrected chi connectivity index (χ2v) is 13.1. The van der Waals surface area contributed by atoms with Gasteiger partial charge in [0.05, 0.1) is 18.1 Å². The number of carbonyl (C=O) groups is 3. The van der Waals surface area contributed by atoms with Crippen LogP contribution in [0.3, 0.4) is 0 Å². The number of nitrogens with one attached hydrogen (secondary N) is 3. The summed E-state index contributed by atoms with van der Waals surface area (Å²) in [7, 11) is 1.61. The molecule has 0 aliphatic heterocycles. The topological polar surface area (TPSA) is 109 Å². The summed E-state index contributed by atoms with van der Waals surface area (Å²) in [5, 5.41) is 10.5. The zero-order chi connectivity index (χ0) is 32.5. The fourth-order valence-electron chi connectivity index (χ4n) is 4.22. The van der Waals surface area contributed by atoms with Crippen LogP contribution in [-0.4, -0.2) is 35.1 Å². The number of hydrogen-bond acceptors (Lipinski definition) is 7. The van der Waals surface area contributed by atoms with Crippen molar-refractivity contribution < 1.29 is 19.1 Å². The number of aromatic nitrogens is 1. The van der Waals surface area contributed by atoms with Crippen LogP contribution in [0.1, 0.15) is 22.8 Å². The summed E-state index contributed by atoms with van der Waals surface area (Å²) in [4.78, 5) is 44.7. The summed E-state index contributed by atoms with van der Waals surface area (Å²) in [5.74, 6) is -0.363. The minimum Gasteiger partial charge on any atom is -0.497 e. The molecule has 232 valence electrons. The Bertz CT molecular complexity index is 1880. The van der Waals surface area contributed by atoms with Crippen molar-refractivity contribution >= 4 is 73.6 Å². The summed E-state index contributed by atoms with van der Waals surface area (Å²) in [6.45, 7) is 1.81. The van der Waals surface area contributed by atoms with Gasteiger partial charge in [0.25, 0.3) is 11.8 Å². The van der Waals surface area contributed by atoms with Crippen molar-refractivity contribution in [3.8, 4) is 17.0 Å². The van der Waals surface area contributed by atoms with Crippen LogP contribution in [0.5, 0.6) is 5.75 Å². The molecule has 0 aliphatic rings. The van der Waals surface area contributed by atoms with Gasteiger partial charge in [-0.15, -0.1) is 23.1 Å². The first-order chi connectivity index (χ1) is 22.3. The number of ether oxygens (including phenoxy) is 1. The summed E-state index contributed by atoms with van der Waals surface area (Å²) in [6, 6.07) is 30.8. The highest BCUT2D eigenvalue weighted by atomic mass is 79.9. The highest BCUT2D eigenvalue weighted by Crippen LogP contribution is 2.30. The number of hydrogen-bond donors (Lipinski definition) is 3. The molecule has 1 unspecified atom stereocenters. The molecule has 0 spiro atoms. The van der Waals surface area contributed by atoms with Gasteiger partial charge < -0.3 is 20.7 Å². The first-order valence-electron chi connectivity index (χ1n) is 14.1. The molecule has 0 radical (unpaired) electrons. The lowest BCUT2D eigenvalue weighted by Crippen LogP contribution is -2.30. The number of halogens is 1. The lowest BCUT2D eigenvalue weighted by molar-refractivity contribution is -0.115. The van der Waals surface area contributed by atoms with E-state index in [0.29, 0.717) is 16.4 Å². The number of thioether (sulfide) groups is 1. The van der Waals surface area contributed by atoms with Crippen LogP contribution in [0.25, 0.3) is 17.3 Å². The summed E-state index contributed by atoms with van der Waals surface area (Å²) >= 11 is 6.11. The van der Waals surface area contributed by atoms with Gasteiger partial charge in [-0.25, -0.2) is 4.98 Å². The molecule has 1 atom stereocenters. The third-order valence-electron chi connectivity index (χ3n) is 6.58. The number of rotatable bonds is 11. The minimum absolute atomic E-state index is 0.0822. The van der Waals surface area contributed by atoms with E-state index in [1.54, 1.807) is 62.6 Å². The second-order valence-electron chi connectivity index (χ2n) is 9.93. The summed E-state index contributed by atoms with van der Waals surface area (Å²) in [6.07, 6.45) is 1.62. The molecule has 0 bridgehead atoms. The standard InChI is InChI=1S/C35H29BrN4O4S2/c1-22(32(41)40-35-39-31(21-45-35)25-10-6-12-28(19-25)44-2)46-29-13-7-11-27(20-29)37-34(43)30(18-23-14-16-26(36)17-15-23)38-33(42)24-8-4-3-5-9-24/h3-22H,1-2H3,(H,37,43)(H,38,42)(H,39,40,41)/b30-18-. The van der Waals surface area contributed by atoms with Crippen molar-refractivity contribution in [1.29, 1.82) is 0 Å². The van der Waals surface area contributed by atoms with Gasteiger partial charge in [0.1, 0.15) is 11.4 Å². The van der Waals surface area contributed by atoms with E-state index in [1.165, 1.54) is 23.1 Å². The van der Waals surface area contributed by atoms with Crippen LogP contribution >= 0.6 is 39.0 Å². The van der Waals surface area contributed by atoms with E-state index in [4.69, 9.17) is 4.74 Å². The lowest BCUT2D eigenvalue weighted by Gasteiger charge is -2.13. The molecule has 0 fully saturated rings. The third-order valence-corrected chi connectivity index (χ3v) is 8.96. The predicted molar refractivity (Wildman–Crippen MR) is 189 cm³/mol. The highest BCUT2D eigenvalue weighted by molar-refractivity contribution is 9.10. The van der Waals surface area contributed by atoms with Gasteiger partial charge >= 0.3 is 0 Å². The van der Waals surface area contributed by atoms with Crippen LogP contribution in [0.4, 0.5) is 10.8 Å². The van der Waals surface area contributed by atoms with E-state index < -0.39 is 17.1 Å². The van der Waals surface area contributed by atoms with Crippen LogP contribution in [0.2, 0.25) is 0 Å². The van der Waals surface area contributed by atoms with Crippen molar-refractivity contribution in [2.24, 2.45) is 0 Å². The van der Waals surface area contributed by atoms with Crippen molar-refractivity contribution in [2.75, 3.05) is 17.7 Å². The number of amides is 3. The maximum atomic E-state index is 13.4. The predicted octanol–water partition coefficient (Wildman–Crippen LogP) is 8.11. The molecule has 0 saturated carbocycles. The van der Waals surface area contributed by atoms with Crippen molar-refractivity contribution in [3.63, 3.8) is 0 Å². The summed E-state index contributed by atoms with van der Waals surface area (Å²) < 4.78 is 6.19. The van der Waals surface area contributed by atoms with Crippen LogP contribution in [-0.2, 0) is 9.59 Å². The molecule has 0 aliphatic carbocycles. The maximum Gasteiger partial charge on any atom is 0.272 e. The quantitative estimate of drug-likeness (QED) is 0.0943. The average Bonchev–Trinajstić information content (AvgIpc) is 3.54. The Morgan fingerprint density at radius 2 is 1.67 bits per heavy atom. The van der Waals surface area contributed by atoms with Crippen molar-refractivity contribution in [3.05, 3.63) is 130 Å². The first kappa shape index (κ1) is 32.7. The first-order valence-corrected chi connectivity index (χ1v) is 16.6. The number of anilines is 2. The van der Waals surface area contributed by atoms with E-state index in [0.717, 1.165) is 31.9 Å². The Morgan fingerprint density at radius 1 is 0.913 bits per heavy atom. The number of methoxy groups -OCH3 is 1. The van der Waals surface area contributed by atoms with E-state index in [9.17, 15) is 14.4 Å². The SMILES string of the molecule is COc1cccc(-c2csc(NC(=O)C(C)Sc3cccc(NC(=O)/C(=C/c4ccc(Br)cc4)NC(=O)c4ccccc4)c3)n2)c1. The molecule has 1 heterocycles. The number of benzene rings is 4. The molecule has 0 saturated heterocycles. The Kier molecular flexibility index (Phi) is 11.0. The zero-order valence-electron chi connectivity index (χ0n) is 24.8. The van der Waals surface area contributed by atoms with Gasteiger partial charge in [0.2, 0.25) is 5.91 Å². The van der Waals surface area contributed by atoms with Crippen LogP contribution < -0.4 is 20.7 Å². The van der Waals surface area contributed by atoms with Gasteiger partial charge in [-0.05, 0) is 73.2 Å². The Labute approximate surface area is 283 Å². The molecular weight excluding hydrogens is 684 g/mol. The van der Waals surface area contributed by atoms with E-state index in [-0.39, 0.29) is 11.6 Å². The van der Waals surface area contributed by atoms with Gasteiger partial charge in [0.15, 0.2) is 5.13 Å². The average molecular weight is 714 g/mol.